The van der Waals surface area contributed by atoms with Gasteiger partial charge in [0.05, 0.1) is 0 Å². The Balaban J connectivity index is 0.00000450. The van der Waals surface area contributed by atoms with E-state index in [0.717, 1.165) is 37.8 Å². The van der Waals surface area contributed by atoms with Crippen LogP contribution in [0.2, 0.25) is 0 Å². The zero-order valence-corrected chi connectivity index (χ0v) is 20.7. The number of hydrogen-bond donors (Lipinski definition) is 0. The molecule has 0 bridgehead atoms. The maximum absolute atomic E-state index is 13.2. The smallest absolute Gasteiger partial charge is 0.286 e. The van der Waals surface area contributed by atoms with Crippen LogP contribution in [-0.4, -0.2) is 69.7 Å². The molecule has 9 heteroatoms. The highest BCUT2D eigenvalue weighted by Crippen LogP contribution is 2.28. The summed E-state index contributed by atoms with van der Waals surface area (Å²) in [5, 5.41) is 8.46. The van der Waals surface area contributed by atoms with Crippen LogP contribution >= 0.6 is 24.2 Å². The third-order valence-corrected chi connectivity index (χ3v) is 7.11. The number of hydrogen-bond acceptors (Lipinski definition) is 7. The van der Waals surface area contributed by atoms with E-state index in [-0.39, 0.29) is 41.6 Å². The molecule has 1 atom stereocenters. The van der Waals surface area contributed by atoms with Crippen molar-refractivity contribution in [3.8, 4) is 0 Å². The first-order chi connectivity index (χ1) is 13.7. The molecule has 1 aliphatic rings. The van der Waals surface area contributed by atoms with Crippen LogP contribution in [0, 0.1) is 5.92 Å². The molecule has 0 saturated heterocycles. The Bertz CT molecular complexity index is 675. The fourth-order valence-electron chi connectivity index (χ4n) is 3.48. The van der Waals surface area contributed by atoms with Gasteiger partial charge in [0.1, 0.15) is 6.04 Å². The molecule has 1 aliphatic carbocycles. The van der Waals surface area contributed by atoms with Crippen LogP contribution in [-0.2, 0) is 4.79 Å². The molecule has 1 heterocycles. The minimum atomic E-state index is -0.549. The Morgan fingerprint density at radius 3 is 2.40 bits per heavy atom. The van der Waals surface area contributed by atoms with Gasteiger partial charge in [-0.15, -0.1) is 22.6 Å². The van der Waals surface area contributed by atoms with Gasteiger partial charge in [0.15, 0.2) is 0 Å². The summed E-state index contributed by atoms with van der Waals surface area (Å²) < 4.78 is 5.70. The fraction of sp³-hybridized carbons (Fsp3) is 0.810. The molecule has 30 heavy (non-hydrogen) atoms. The molecule has 0 aliphatic heterocycles. The Morgan fingerprint density at radius 2 is 1.87 bits per heavy atom. The number of Topliss-reactive ketones (excluding diaryl/α,β-unsaturated/α-hetero) is 1. The minimum absolute atomic E-state index is 0. The molecule has 1 unspecified atom stereocenters. The number of carbonyl (C=O) groups excluding carboxylic acids is 2. The van der Waals surface area contributed by atoms with Crippen molar-refractivity contribution in [2.45, 2.75) is 89.1 Å². The second-order valence-electron chi connectivity index (χ2n) is 9.22. The molecule has 0 spiro atoms. The Labute approximate surface area is 191 Å². The van der Waals surface area contributed by atoms with Crippen molar-refractivity contribution in [2.24, 2.45) is 5.92 Å². The number of rotatable bonds is 11. The lowest BCUT2D eigenvalue weighted by atomic mass is 9.91. The summed E-state index contributed by atoms with van der Waals surface area (Å²) in [4.78, 5) is 29.0. The summed E-state index contributed by atoms with van der Waals surface area (Å²) in [5.74, 6) is 0.784. The normalized spacial score (nSPS) is 16.4. The Kier molecular flexibility index (Phi) is 10.8. The summed E-state index contributed by atoms with van der Waals surface area (Å²) in [6.07, 6.45) is 6.72. The van der Waals surface area contributed by atoms with Gasteiger partial charge in [-0.2, -0.15) is 0 Å². The van der Waals surface area contributed by atoms with E-state index in [4.69, 9.17) is 4.42 Å². The van der Waals surface area contributed by atoms with Gasteiger partial charge in [0, 0.05) is 17.3 Å². The predicted octanol–water partition coefficient (Wildman–Crippen LogP) is 4.31. The highest BCUT2D eigenvalue weighted by atomic mass is 35.5. The molecule has 2 rings (SSSR count). The molecule has 172 valence electrons. The van der Waals surface area contributed by atoms with E-state index in [1.807, 2.05) is 14.1 Å². The topological polar surface area (TPSA) is 79.5 Å². The summed E-state index contributed by atoms with van der Waals surface area (Å²) in [6, 6.07) is -0.432. The van der Waals surface area contributed by atoms with Crippen LogP contribution in [0.4, 0.5) is 0 Å². The van der Waals surface area contributed by atoms with Crippen LogP contribution in [0.15, 0.2) is 9.64 Å². The van der Waals surface area contributed by atoms with Crippen LogP contribution in [0.1, 0.15) is 76.9 Å². The summed E-state index contributed by atoms with van der Waals surface area (Å²) in [5.41, 5.74) is -0.0429. The fourth-order valence-corrected chi connectivity index (χ4v) is 4.45. The maximum Gasteiger partial charge on any atom is 0.286 e. The number of amides is 1. The van der Waals surface area contributed by atoms with E-state index < -0.39 is 6.04 Å². The average molecular weight is 461 g/mol. The van der Waals surface area contributed by atoms with E-state index in [1.165, 1.54) is 18.2 Å². The molecule has 0 N–H and O–H groups in total. The lowest BCUT2D eigenvalue weighted by Gasteiger charge is -2.36. The van der Waals surface area contributed by atoms with Crippen molar-refractivity contribution in [2.75, 3.05) is 19.8 Å². The SMILES string of the molecule is CC(C)CC(C(=O)c1nnc(SCC(C)(C)N(C)C)o1)N(C=O)C1CCCCC1.Cl. The Hall–Kier alpha value is -1.12. The highest BCUT2D eigenvalue weighted by Gasteiger charge is 2.35. The minimum Gasteiger partial charge on any atom is -0.408 e. The first-order valence-electron chi connectivity index (χ1n) is 10.6. The Morgan fingerprint density at radius 1 is 1.23 bits per heavy atom. The summed E-state index contributed by atoms with van der Waals surface area (Å²) >= 11 is 1.44. The first-order valence-corrected chi connectivity index (χ1v) is 11.5. The predicted molar refractivity (Wildman–Crippen MR) is 122 cm³/mol. The second-order valence-corrected chi connectivity index (χ2v) is 10.1. The zero-order valence-electron chi connectivity index (χ0n) is 19.1. The van der Waals surface area contributed by atoms with Crippen LogP contribution in [0.25, 0.3) is 0 Å². The molecule has 1 saturated carbocycles. The first kappa shape index (κ1) is 26.9. The van der Waals surface area contributed by atoms with Gasteiger partial charge in [-0.3, -0.25) is 9.59 Å². The zero-order chi connectivity index (χ0) is 21.6. The van der Waals surface area contributed by atoms with Crippen molar-refractivity contribution < 1.29 is 14.0 Å². The van der Waals surface area contributed by atoms with E-state index in [0.29, 0.717) is 11.6 Å². The molecule has 1 fully saturated rings. The van der Waals surface area contributed by atoms with Crippen molar-refractivity contribution in [1.29, 1.82) is 0 Å². The molecular weight excluding hydrogens is 424 g/mol. The third kappa shape index (κ3) is 7.24. The lowest BCUT2D eigenvalue weighted by molar-refractivity contribution is -0.122. The van der Waals surface area contributed by atoms with Crippen LogP contribution in [0.5, 0.6) is 0 Å². The van der Waals surface area contributed by atoms with Crippen LogP contribution in [0.3, 0.4) is 0 Å². The van der Waals surface area contributed by atoms with Crippen LogP contribution < -0.4 is 0 Å². The maximum atomic E-state index is 13.2. The van der Waals surface area contributed by atoms with Crippen molar-refractivity contribution in [1.82, 2.24) is 20.0 Å². The average Bonchev–Trinajstić information content (AvgIpc) is 3.15. The highest BCUT2D eigenvalue weighted by molar-refractivity contribution is 7.99. The molecule has 1 aromatic heterocycles. The van der Waals surface area contributed by atoms with Gasteiger partial charge in [0.25, 0.3) is 11.1 Å². The number of halogens is 1. The molecule has 1 amide bonds. The summed E-state index contributed by atoms with van der Waals surface area (Å²) in [6.45, 7) is 8.38. The standard InChI is InChI=1S/C21H36N4O3S.ClH/c1-15(2)12-17(25(14-26)16-10-8-7-9-11-16)18(27)19-22-23-20(28-19)29-13-21(3,4)24(5)6;/h14-17H,7-13H2,1-6H3;1H. The molecule has 0 aromatic carbocycles. The number of ketones is 1. The molecular formula is C21H37ClN4O3S. The largest absolute Gasteiger partial charge is 0.408 e. The van der Waals surface area contributed by atoms with E-state index in [2.05, 4.69) is 42.8 Å². The molecule has 0 radical (unpaired) electrons. The van der Waals surface area contributed by atoms with E-state index in [1.54, 1.807) is 4.90 Å². The molecule has 1 aromatic rings. The van der Waals surface area contributed by atoms with E-state index in [9.17, 15) is 9.59 Å². The lowest BCUT2D eigenvalue weighted by Crippen LogP contribution is -2.48. The number of carbonyl (C=O) groups is 2. The van der Waals surface area contributed by atoms with Crippen molar-refractivity contribution in [3.05, 3.63) is 5.89 Å². The molecule has 7 nitrogen and oxygen atoms in total. The van der Waals surface area contributed by atoms with Gasteiger partial charge in [-0.1, -0.05) is 44.9 Å². The van der Waals surface area contributed by atoms with Gasteiger partial charge in [-0.05, 0) is 53.1 Å². The number of nitrogens with zero attached hydrogens (tertiary/aromatic N) is 4. The quantitative estimate of drug-likeness (QED) is 0.276. The van der Waals surface area contributed by atoms with E-state index >= 15 is 0 Å². The second kappa shape index (κ2) is 12.1. The third-order valence-electron chi connectivity index (χ3n) is 5.85. The number of thioether (sulfide) groups is 1. The monoisotopic (exact) mass is 460 g/mol. The summed E-state index contributed by atoms with van der Waals surface area (Å²) in [7, 11) is 4.05. The van der Waals surface area contributed by atoms with Gasteiger partial charge in [-0.25, -0.2) is 0 Å². The van der Waals surface area contributed by atoms with Gasteiger partial charge in [0.2, 0.25) is 12.2 Å². The van der Waals surface area contributed by atoms with Gasteiger partial charge >= 0.3 is 0 Å². The van der Waals surface area contributed by atoms with Gasteiger partial charge < -0.3 is 14.2 Å². The van der Waals surface area contributed by atoms with Crippen molar-refractivity contribution in [3.63, 3.8) is 0 Å². The van der Waals surface area contributed by atoms with Crippen molar-refractivity contribution >= 4 is 36.4 Å². The number of aromatic nitrogens is 2.